The molecule has 2 aromatic carbocycles. The van der Waals surface area contributed by atoms with Crippen LogP contribution in [-0.4, -0.2) is 11.1 Å². The lowest BCUT2D eigenvalue weighted by atomic mass is 10.1. The first-order valence-corrected chi connectivity index (χ1v) is 7.63. The first-order chi connectivity index (χ1) is 9.47. The fraction of sp³-hybridized carbons (Fsp3) is 0.0714. The molecule has 0 aliphatic rings. The molecule has 0 bridgehead atoms. The van der Waals surface area contributed by atoms with Crippen molar-refractivity contribution in [3.8, 4) is 0 Å². The molecule has 0 radical (unpaired) electrons. The van der Waals surface area contributed by atoms with E-state index < -0.39 is 12.0 Å². The van der Waals surface area contributed by atoms with Crippen molar-refractivity contribution >= 4 is 55.1 Å². The lowest BCUT2D eigenvalue weighted by Gasteiger charge is -2.18. The van der Waals surface area contributed by atoms with Crippen LogP contribution < -0.4 is 5.32 Å². The summed E-state index contributed by atoms with van der Waals surface area (Å²) in [4.78, 5) is 11.5. The van der Waals surface area contributed by atoms with Crippen molar-refractivity contribution in [2.24, 2.45) is 0 Å². The third-order valence-electron chi connectivity index (χ3n) is 2.65. The maximum atomic E-state index is 11.5. The number of hydrogen-bond acceptors (Lipinski definition) is 2. The number of nitrogens with one attached hydrogen (secondary N) is 1. The standard InChI is InChI=1S/C14H10Br2ClNO2/c15-8-2-1-3-10(6-8)18-13(14(19)20)11-7-9(17)4-5-12(11)16/h1-7,13,18H,(H,19,20). The van der Waals surface area contributed by atoms with E-state index in [1.807, 2.05) is 18.2 Å². The molecule has 2 rings (SSSR count). The summed E-state index contributed by atoms with van der Waals surface area (Å²) in [5.41, 5.74) is 1.28. The molecule has 104 valence electrons. The Bertz CT molecular complexity index is 649. The maximum Gasteiger partial charge on any atom is 0.330 e. The second kappa shape index (κ2) is 6.61. The van der Waals surface area contributed by atoms with Gasteiger partial charge in [0.15, 0.2) is 6.04 Å². The molecule has 0 spiro atoms. The van der Waals surface area contributed by atoms with Crippen LogP contribution in [0, 0.1) is 0 Å². The molecular formula is C14H10Br2ClNO2. The highest BCUT2D eigenvalue weighted by molar-refractivity contribution is 9.10. The van der Waals surface area contributed by atoms with Gasteiger partial charge in [-0.15, -0.1) is 0 Å². The second-order valence-corrected chi connectivity index (χ2v) is 6.30. The van der Waals surface area contributed by atoms with Gasteiger partial charge in [0.05, 0.1) is 0 Å². The SMILES string of the molecule is O=C(O)C(Nc1cccc(Br)c1)c1cc(Cl)ccc1Br. The van der Waals surface area contributed by atoms with Gasteiger partial charge >= 0.3 is 5.97 Å². The molecular weight excluding hydrogens is 409 g/mol. The van der Waals surface area contributed by atoms with Crippen molar-refractivity contribution in [2.75, 3.05) is 5.32 Å². The van der Waals surface area contributed by atoms with E-state index in [1.54, 1.807) is 24.3 Å². The number of carboxylic acid groups (broad SMARTS) is 1. The van der Waals surface area contributed by atoms with Crippen LogP contribution in [0.3, 0.4) is 0 Å². The van der Waals surface area contributed by atoms with E-state index in [0.717, 1.165) is 4.47 Å². The van der Waals surface area contributed by atoms with Gasteiger partial charge in [-0.1, -0.05) is 49.5 Å². The number of carboxylic acids is 1. The van der Waals surface area contributed by atoms with Crippen LogP contribution in [0.25, 0.3) is 0 Å². The van der Waals surface area contributed by atoms with Gasteiger partial charge in [-0.05, 0) is 36.4 Å². The molecule has 2 aromatic rings. The number of aliphatic carboxylic acids is 1. The number of halogens is 3. The second-order valence-electron chi connectivity index (χ2n) is 4.09. The van der Waals surface area contributed by atoms with Gasteiger partial charge in [0.2, 0.25) is 0 Å². The smallest absolute Gasteiger partial charge is 0.330 e. The zero-order valence-electron chi connectivity index (χ0n) is 10.1. The Morgan fingerprint density at radius 1 is 1.20 bits per heavy atom. The molecule has 0 aromatic heterocycles. The first kappa shape index (κ1) is 15.4. The minimum Gasteiger partial charge on any atom is -0.479 e. The van der Waals surface area contributed by atoms with Gasteiger partial charge in [-0.2, -0.15) is 0 Å². The lowest BCUT2D eigenvalue weighted by Crippen LogP contribution is -2.21. The molecule has 6 heteroatoms. The van der Waals surface area contributed by atoms with Gasteiger partial charge in [0.25, 0.3) is 0 Å². The number of benzene rings is 2. The highest BCUT2D eigenvalue weighted by Gasteiger charge is 2.22. The third kappa shape index (κ3) is 3.75. The Hall–Kier alpha value is -1.04. The fourth-order valence-electron chi connectivity index (χ4n) is 1.75. The largest absolute Gasteiger partial charge is 0.479 e. The van der Waals surface area contributed by atoms with Crippen molar-refractivity contribution < 1.29 is 9.90 Å². The molecule has 2 N–H and O–H groups in total. The van der Waals surface area contributed by atoms with Crippen molar-refractivity contribution in [1.29, 1.82) is 0 Å². The highest BCUT2D eigenvalue weighted by Crippen LogP contribution is 2.30. The summed E-state index contributed by atoms with van der Waals surface area (Å²) in [6.45, 7) is 0. The van der Waals surface area contributed by atoms with Crippen LogP contribution in [0.15, 0.2) is 51.4 Å². The minimum atomic E-state index is -0.979. The van der Waals surface area contributed by atoms with Crippen molar-refractivity contribution in [2.45, 2.75) is 6.04 Å². The third-order valence-corrected chi connectivity index (χ3v) is 4.10. The lowest BCUT2D eigenvalue weighted by molar-refractivity contribution is -0.138. The summed E-state index contributed by atoms with van der Waals surface area (Å²) in [6.07, 6.45) is 0. The van der Waals surface area contributed by atoms with Gasteiger partial charge in [-0.25, -0.2) is 4.79 Å². The number of hydrogen-bond donors (Lipinski definition) is 2. The number of rotatable bonds is 4. The van der Waals surface area contributed by atoms with E-state index in [0.29, 0.717) is 20.7 Å². The van der Waals surface area contributed by atoms with Crippen LogP contribution in [-0.2, 0) is 4.79 Å². The average molecular weight is 420 g/mol. The summed E-state index contributed by atoms with van der Waals surface area (Å²) in [5, 5.41) is 12.9. The summed E-state index contributed by atoms with van der Waals surface area (Å²) >= 11 is 12.7. The van der Waals surface area contributed by atoms with Crippen molar-refractivity contribution in [3.05, 3.63) is 62.0 Å². The Morgan fingerprint density at radius 3 is 2.60 bits per heavy atom. The molecule has 20 heavy (non-hydrogen) atoms. The topological polar surface area (TPSA) is 49.3 Å². The van der Waals surface area contributed by atoms with Crippen LogP contribution >= 0.6 is 43.5 Å². The molecule has 0 fully saturated rings. The molecule has 0 aliphatic heterocycles. The zero-order valence-corrected chi connectivity index (χ0v) is 14.0. The Kier molecular flexibility index (Phi) is 5.07. The maximum absolute atomic E-state index is 11.5. The predicted molar refractivity (Wildman–Crippen MR) is 87.3 cm³/mol. The van der Waals surface area contributed by atoms with Crippen molar-refractivity contribution in [1.82, 2.24) is 0 Å². The van der Waals surface area contributed by atoms with Gasteiger partial charge < -0.3 is 10.4 Å². The Labute approximate surface area is 138 Å². The van der Waals surface area contributed by atoms with E-state index in [9.17, 15) is 9.90 Å². The Balaban J connectivity index is 2.37. The zero-order chi connectivity index (χ0) is 14.7. The van der Waals surface area contributed by atoms with E-state index in [4.69, 9.17) is 11.6 Å². The van der Waals surface area contributed by atoms with E-state index in [1.165, 1.54) is 0 Å². The van der Waals surface area contributed by atoms with Crippen LogP contribution in [0.5, 0.6) is 0 Å². The summed E-state index contributed by atoms with van der Waals surface area (Å²) in [7, 11) is 0. The molecule has 0 heterocycles. The molecule has 1 unspecified atom stereocenters. The van der Waals surface area contributed by atoms with Crippen LogP contribution in [0.1, 0.15) is 11.6 Å². The summed E-state index contributed by atoms with van der Waals surface area (Å²) < 4.78 is 1.56. The van der Waals surface area contributed by atoms with Crippen molar-refractivity contribution in [3.63, 3.8) is 0 Å². The van der Waals surface area contributed by atoms with Crippen LogP contribution in [0.2, 0.25) is 5.02 Å². The summed E-state index contributed by atoms with van der Waals surface area (Å²) in [6, 6.07) is 11.5. The molecule has 1 atom stereocenters. The van der Waals surface area contributed by atoms with Crippen LogP contribution in [0.4, 0.5) is 5.69 Å². The van der Waals surface area contributed by atoms with Gasteiger partial charge in [0, 0.05) is 25.2 Å². The normalized spacial score (nSPS) is 11.9. The summed E-state index contributed by atoms with van der Waals surface area (Å²) in [5.74, 6) is -0.979. The first-order valence-electron chi connectivity index (χ1n) is 5.67. The highest BCUT2D eigenvalue weighted by atomic mass is 79.9. The number of carbonyl (C=O) groups is 1. The predicted octanol–water partition coefficient (Wildman–Crippen LogP) is 5.10. The van der Waals surface area contributed by atoms with E-state index in [2.05, 4.69) is 37.2 Å². The molecule has 3 nitrogen and oxygen atoms in total. The van der Waals surface area contributed by atoms with E-state index in [-0.39, 0.29) is 0 Å². The monoisotopic (exact) mass is 417 g/mol. The Morgan fingerprint density at radius 2 is 1.95 bits per heavy atom. The van der Waals surface area contributed by atoms with Gasteiger partial charge in [0.1, 0.15) is 0 Å². The fourth-order valence-corrected chi connectivity index (χ4v) is 2.81. The number of anilines is 1. The molecule has 0 saturated carbocycles. The van der Waals surface area contributed by atoms with Gasteiger partial charge in [-0.3, -0.25) is 0 Å². The average Bonchev–Trinajstić information content (AvgIpc) is 2.39. The quantitative estimate of drug-likeness (QED) is 0.725. The molecule has 0 saturated heterocycles. The molecule has 0 amide bonds. The minimum absolute atomic E-state index is 0.491. The van der Waals surface area contributed by atoms with E-state index >= 15 is 0 Å². The molecule has 0 aliphatic carbocycles.